The van der Waals surface area contributed by atoms with Crippen LogP contribution in [0.2, 0.25) is 5.02 Å². The maximum atomic E-state index is 13.7. The maximum Gasteiger partial charge on any atom is 0.419 e. The number of aryl methyl sites for hydroxylation is 1. The van der Waals surface area contributed by atoms with E-state index in [1.54, 1.807) is 26.0 Å². The molecule has 0 unspecified atom stereocenters. The second-order valence-corrected chi connectivity index (χ2v) is 11.2. The summed E-state index contributed by atoms with van der Waals surface area (Å²) in [5, 5.41) is 1.03. The van der Waals surface area contributed by atoms with Crippen LogP contribution >= 0.6 is 11.6 Å². The molecule has 8 nitrogen and oxygen atoms in total. The highest BCUT2D eigenvalue weighted by atomic mass is 35.5. The van der Waals surface area contributed by atoms with E-state index in [1.807, 2.05) is 10.6 Å². The predicted octanol–water partition coefficient (Wildman–Crippen LogP) is 6.08. The minimum atomic E-state index is -4.59. The number of aromatic nitrogens is 1. The van der Waals surface area contributed by atoms with Crippen LogP contribution in [0.5, 0.6) is 11.5 Å². The molecule has 1 aliphatic rings. The third-order valence-corrected chi connectivity index (χ3v) is 7.78. The van der Waals surface area contributed by atoms with Crippen molar-refractivity contribution >= 4 is 34.4 Å². The molecule has 228 valence electrons. The monoisotopic (exact) mass is 609 g/mol. The summed E-state index contributed by atoms with van der Waals surface area (Å²) >= 11 is 6.88. The average Bonchev–Trinajstić information content (AvgIpc) is 3.46. The molecule has 0 saturated carbocycles. The van der Waals surface area contributed by atoms with Crippen molar-refractivity contribution in [3.05, 3.63) is 58.2 Å². The van der Waals surface area contributed by atoms with Gasteiger partial charge in [-0.1, -0.05) is 17.7 Å². The molecule has 0 saturated heterocycles. The minimum Gasteiger partial charge on any atom is -0.490 e. The van der Waals surface area contributed by atoms with Gasteiger partial charge in [0.1, 0.15) is 23.6 Å². The molecule has 2 heterocycles. The highest BCUT2D eigenvalue weighted by Crippen LogP contribution is 2.47. The SMILES string of the molecule is CC(=O)OC(=O)[C@@](N)(CCCCN)[C@H]1CCn2c1c(Cl)c1cc(OCc3ccc(OC(C)C)c(C(F)(F)F)c3)ccc12. The van der Waals surface area contributed by atoms with Gasteiger partial charge in [-0.25, -0.2) is 4.79 Å². The van der Waals surface area contributed by atoms with Gasteiger partial charge in [-0.3, -0.25) is 4.79 Å². The molecule has 0 spiro atoms. The standard InChI is InChI=1S/C30H35ClF3N3O5/c1-17(2)41-25-9-6-19(14-23(25)30(32,33)34)16-40-20-7-8-24-21(15-20)26(31)27-22(10-13-37(24)27)29(36,11-4-5-12-35)28(39)42-18(3)38/h6-9,14-15,17,22H,4-5,10-13,16,35-36H2,1-3H3/t22-,29+/m0/s1. The Bertz CT molecular complexity index is 1470. The van der Waals surface area contributed by atoms with Gasteiger partial charge < -0.3 is 30.2 Å². The van der Waals surface area contributed by atoms with E-state index in [0.29, 0.717) is 59.8 Å². The Morgan fingerprint density at radius 3 is 2.52 bits per heavy atom. The van der Waals surface area contributed by atoms with Crippen LogP contribution in [0.4, 0.5) is 13.2 Å². The highest BCUT2D eigenvalue weighted by molar-refractivity contribution is 6.36. The van der Waals surface area contributed by atoms with Gasteiger partial charge in [0.25, 0.3) is 0 Å². The summed E-state index contributed by atoms with van der Waals surface area (Å²) in [6.45, 7) is 5.32. The molecule has 4 rings (SSSR count). The van der Waals surface area contributed by atoms with Crippen molar-refractivity contribution in [3.63, 3.8) is 0 Å². The second-order valence-electron chi connectivity index (χ2n) is 10.8. The molecule has 0 amide bonds. The summed E-state index contributed by atoms with van der Waals surface area (Å²) < 4.78 is 59.1. The number of halogens is 4. The quantitative estimate of drug-likeness (QED) is 0.154. The summed E-state index contributed by atoms with van der Waals surface area (Å²) in [6, 6.07) is 9.07. The van der Waals surface area contributed by atoms with E-state index in [0.717, 1.165) is 18.5 Å². The first kappa shape index (κ1) is 31.7. The van der Waals surface area contributed by atoms with Crippen LogP contribution in [0.3, 0.4) is 0 Å². The summed E-state index contributed by atoms with van der Waals surface area (Å²) in [5.74, 6) is -1.90. The zero-order valence-electron chi connectivity index (χ0n) is 23.7. The fraction of sp³-hybridized carbons (Fsp3) is 0.467. The van der Waals surface area contributed by atoms with Crippen LogP contribution < -0.4 is 20.9 Å². The Balaban J connectivity index is 1.62. The number of alkyl halides is 3. The Labute approximate surface area is 247 Å². The molecule has 1 aromatic heterocycles. The third kappa shape index (κ3) is 6.53. The molecule has 0 fully saturated rings. The molecule has 2 atom stereocenters. The van der Waals surface area contributed by atoms with E-state index in [-0.39, 0.29) is 18.8 Å². The molecular weight excluding hydrogens is 575 g/mol. The van der Waals surface area contributed by atoms with Crippen molar-refractivity contribution in [1.82, 2.24) is 4.57 Å². The number of hydrogen-bond acceptors (Lipinski definition) is 7. The van der Waals surface area contributed by atoms with E-state index in [9.17, 15) is 22.8 Å². The van der Waals surface area contributed by atoms with Gasteiger partial charge in [0, 0.05) is 30.5 Å². The predicted molar refractivity (Wildman–Crippen MR) is 152 cm³/mol. The first-order valence-corrected chi connectivity index (χ1v) is 14.2. The topological polar surface area (TPSA) is 119 Å². The normalized spacial score (nSPS) is 16.4. The summed E-state index contributed by atoms with van der Waals surface area (Å²) in [5.41, 5.74) is 11.8. The maximum absolute atomic E-state index is 13.7. The number of ether oxygens (including phenoxy) is 3. The van der Waals surface area contributed by atoms with Crippen molar-refractivity contribution in [3.8, 4) is 11.5 Å². The fourth-order valence-electron chi connectivity index (χ4n) is 5.50. The van der Waals surface area contributed by atoms with Gasteiger partial charge in [0.05, 0.1) is 22.2 Å². The fourth-order valence-corrected chi connectivity index (χ4v) is 5.88. The number of carbonyl (C=O) groups excluding carboxylic acids is 2. The number of fused-ring (bicyclic) bond motifs is 3. The number of hydrogen-bond donors (Lipinski definition) is 2. The first-order valence-electron chi connectivity index (χ1n) is 13.8. The lowest BCUT2D eigenvalue weighted by Crippen LogP contribution is -2.54. The molecule has 12 heteroatoms. The molecule has 42 heavy (non-hydrogen) atoms. The molecule has 0 bridgehead atoms. The average molecular weight is 610 g/mol. The number of esters is 2. The Morgan fingerprint density at radius 1 is 1.14 bits per heavy atom. The van der Waals surface area contributed by atoms with Gasteiger partial charge in [0.15, 0.2) is 0 Å². The zero-order valence-corrected chi connectivity index (χ0v) is 24.5. The van der Waals surface area contributed by atoms with Crippen LogP contribution in [-0.4, -0.2) is 34.7 Å². The smallest absolute Gasteiger partial charge is 0.419 e. The number of nitrogens with two attached hydrogens (primary N) is 2. The van der Waals surface area contributed by atoms with Crippen molar-refractivity contribution in [2.45, 2.75) is 83.3 Å². The van der Waals surface area contributed by atoms with Gasteiger partial charge in [-0.05, 0) is 82.0 Å². The Hall–Kier alpha value is -3.28. The van der Waals surface area contributed by atoms with E-state index < -0.39 is 41.2 Å². The lowest BCUT2D eigenvalue weighted by molar-refractivity contribution is -0.163. The van der Waals surface area contributed by atoms with Crippen molar-refractivity contribution < 1.29 is 37.0 Å². The molecular formula is C30H35ClF3N3O5. The van der Waals surface area contributed by atoms with Crippen LogP contribution in [0.25, 0.3) is 10.9 Å². The number of unbranched alkanes of at least 4 members (excludes halogenated alkanes) is 1. The van der Waals surface area contributed by atoms with Gasteiger partial charge in [0.2, 0.25) is 0 Å². The molecule has 0 radical (unpaired) electrons. The number of nitrogens with zero attached hydrogens (tertiary/aromatic N) is 1. The van der Waals surface area contributed by atoms with E-state index in [1.165, 1.54) is 12.1 Å². The van der Waals surface area contributed by atoms with Gasteiger partial charge in [-0.2, -0.15) is 13.2 Å². The summed E-state index contributed by atoms with van der Waals surface area (Å²) in [7, 11) is 0. The van der Waals surface area contributed by atoms with Gasteiger partial charge in [-0.15, -0.1) is 0 Å². The lowest BCUT2D eigenvalue weighted by atomic mass is 9.78. The van der Waals surface area contributed by atoms with E-state index in [2.05, 4.69) is 0 Å². The third-order valence-electron chi connectivity index (χ3n) is 7.38. The van der Waals surface area contributed by atoms with E-state index >= 15 is 0 Å². The molecule has 3 aromatic rings. The number of rotatable bonds is 11. The minimum absolute atomic E-state index is 0.117. The summed E-state index contributed by atoms with van der Waals surface area (Å²) in [6.07, 6.45) is -3.01. The molecule has 2 aromatic carbocycles. The Morgan fingerprint density at radius 2 is 1.88 bits per heavy atom. The first-order chi connectivity index (χ1) is 19.8. The molecule has 1 aliphatic heterocycles. The van der Waals surface area contributed by atoms with Crippen LogP contribution in [0, 0.1) is 0 Å². The van der Waals surface area contributed by atoms with Crippen LogP contribution in [-0.2, 0) is 33.7 Å². The van der Waals surface area contributed by atoms with Crippen LogP contribution in [0.1, 0.15) is 69.2 Å². The zero-order chi connectivity index (χ0) is 30.8. The molecule has 4 N–H and O–H groups in total. The lowest BCUT2D eigenvalue weighted by Gasteiger charge is -2.32. The van der Waals surface area contributed by atoms with Gasteiger partial charge >= 0.3 is 18.1 Å². The second kappa shape index (κ2) is 12.5. The Kier molecular flexibility index (Phi) is 9.44. The number of carbonyl (C=O) groups is 2. The van der Waals surface area contributed by atoms with Crippen molar-refractivity contribution in [1.29, 1.82) is 0 Å². The molecule has 0 aliphatic carbocycles. The van der Waals surface area contributed by atoms with Crippen molar-refractivity contribution in [2.75, 3.05) is 6.54 Å². The van der Waals surface area contributed by atoms with Crippen molar-refractivity contribution in [2.24, 2.45) is 11.5 Å². The van der Waals surface area contributed by atoms with Crippen LogP contribution in [0.15, 0.2) is 36.4 Å². The largest absolute Gasteiger partial charge is 0.490 e. The highest BCUT2D eigenvalue weighted by Gasteiger charge is 2.49. The number of benzene rings is 2. The van der Waals surface area contributed by atoms with E-state index in [4.69, 9.17) is 37.3 Å². The summed E-state index contributed by atoms with van der Waals surface area (Å²) in [4.78, 5) is 24.7.